The summed E-state index contributed by atoms with van der Waals surface area (Å²) in [4.78, 5) is 37.0. The van der Waals surface area contributed by atoms with Gasteiger partial charge in [-0.3, -0.25) is 14.2 Å². The van der Waals surface area contributed by atoms with E-state index in [0.717, 1.165) is 18.3 Å². The van der Waals surface area contributed by atoms with Crippen molar-refractivity contribution < 1.29 is 13.6 Å². The van der Waals surface area contributed by atoms with Gasteiger partial charge in [-0.15, -0.1) is 0 Å². The number of ketones is 1. The molecular weight excluding hydrogens is 270 g/mol. The van der Waals surface area contributed by atoms with Crippen LogP contribution in [0.4, 0.5) is 8.78 Å². The molecule has 1 heterocycles. The number of nitrogens with zero attached hydrogens (tertiary/aromatic N) is 1. The zero-order valence-corrected chi connectivity index (χ0v) is 10.4. The lowest BCUT2D eigenvalue weighted by Gasteiger charge is -2.07. The van der Waals surface area contributed by atoms with Gasteiger partial charge in [-0.2, -0.15) is 0 Å². The third-order valence-corrected chi connectivity index (χ3v) is 2.78. The van der Waals surface area contributed by atoms with Crippen molar-refractivity contribution in [1.29, 1.82) is 0 Å². The van der Waals surface area contributed by atoms with Gasteiger partial charge in [-0.05, 0) is 13.0 Å². The monoisotopic (exact) mass is 280 g/mol. The van der Waals surface area contributed by atoms with Crippen molar-refractivity contribution in [2.24, 2.45) is 0 Å². The Morgan fingerprint density at radius 3 is 2.60 bits per heavy atom. The second-order valence-corrected chi connectivity index (χ2v) is 4.19. The van der Waals surface area contributed by atoms with Crippen LogP contribution in [0.2, 0.25) is 0 Å². The van der Waals surface area contributed by atoms with E-state index in [4.69, 9.17) is 0 Å². The summed E-state index contributed by atoms with van der Waals surface area (Å²) in [6, 6.07) is 2.81. The first-order valence-corrected chi connectivity index (χ1v) is 5.67. The topological polar surface area (TPSA) is 71.9 Å². The minimum absolute atomic E-state index is 0.0281. The maximum absolute atomic E-state index is 13.5. The normalized spacial score (nSPS) is 10.6. The number of carbonyl (C=O) groups excluding carboxylic acids is 1. The van der Waals surface area contributed by atoms with Crippen LogP contribution in [0.15, 0.2) is 34.0 Å². The summed E-state index contributed by atoms with van der Waals surface area (Å²) in [6.07, 6.45) is 1.02. The summed E-state index contributed by atoms with van der Waals surface area (Å²) in [5, 5.41) is 0. The molecule has 0 saturated carbocycles. The fourth-order valence-corrected chi connectivity index (χ4v) is 1.73. The molecule has 0 aliphatic rings. The Morgan fingerprint density at radius 1 is 1.30 bits per heavy atom. The van der Waals surface area contributed by atoms with Gasteiger partial charge < -0.3 is 4.98 Å². The number of aromatic amines is 1. The van der Waals surface area contributed by atoms with Gasteiger partial charge in [-0.1, -0.05) is 6.07 Å². The number of carbonyl (C=O) groups is 1. The van der Waals surface area contributed by atoms with E-state index in [1.807, 2.05) is 0 Å². The predicted molar refractivity (Wildman–Crippen MR) is 66.8 cm³/mol. The summed E-state index contributed by atoms with van der Waals surface area (Å²) < 4.78 is 27.0. The van der Waals surface area contributed by atoms with Gasteiger partial charge in [-0.25, -0.2) is 13.6 Å². The SMILES string of the molecule is CC(=O)c1c[nH]c(=O)n(Cc2ccc(F)cc2F)c1=O. The molecule has 0 radical (unpaired) electrons. The third-order valence-electron chi connectivity index (χ3n) is 2.78. The molecule has 0 bridgehead atoms. The molecule has 20 heavy (non-hydrogen) atoms. The van der Waals surface area contributed by atoms with Crippen LogP contribution in [-0.2, 0) is 6.54 Å². The molecule has 0 aliphatic heterocycles. The first kappa shape index (κ1) is 13.9. The zero-order valence-electron chi connectivity index (χ0n) is 10.4. The number of benzene rings is 1. The molecule has 2 rings (SSSR count). The van der Waals surface area contributed by atoms with E-state index in [1.54, 1.807) is 0 Å². The van der Waals surface area contributed by atoms with Crippen molar-refractivity contribution in [1.82, 2.24) is 9.55 Å². The van der Waals surface area contributed by atoms with Crippen LogP contribution in [0.3, 0.4) is 0 Å². The number of halogens is 2. The average Bonchev–Trinajstić information content (AvgIpc) is 2.36. The molecule has 0 unspecified atom stereocenters. The second kappa shape index (κ2) is 5.20. The van der Waals surface area contributed by atoms with Gasteiger partial charge in [0, 0.05) is 17.8 Å². The molecule has 1 aromatic carbocycles. The van der Waals surface area contributed by atoms with E-state index >= 15 is 0 Å². The molecule has 0 fully saturated rings. The van der Waals surface area contributed by atoms with Gasteiger partial charge in [0.1, 0.15) is 11.6 Å². The quantitative estimate of drug-likeness (QED) is 0.855. The Morgan fingerprint density at radius 2 is 2.00 bits per heavy atom. The van der Waals surface area contributed by atoms with E-state index in [-0.39, 0.29) is 17.7 Å². The van der Waals surface area contributed by atoms with E-state index in [0.29, 0.717) is 10.6 Å². The maximum atomic E-state index is 13.5. The van der Waals surface area contributed by atoms with Crippen molar-refractivity contribution in [2.75, 3.05) is 0 Å². The minimum atomic E-state index is -0.871. The summed E-state index contributed by atoms with van der Waals surface area (Å²) >= 11 is 0. The Bertz CT molecular complexity index is 793. The number of H-pyrrole nitrogens is 1. The standard InChI is InChI=1S/C13H10F2N2O3/c1-7(18)10-5-16-13(20)17(12(10)19)6-8-2-3-9(14)4-11(8)15/h2-5H,6H2,1H3,(H,16,20). The lowest BCUT2D eigenvalue weighted by molar-refractivity contribution is 0.101. The van der Waals surface area contributed by atoms with Crippen LogP contribution in [0, 0.1) is 11.6 Å². The van der Waals surface area contributed by atoms with E-state index in [9.17, 15) is 23.2 Å². The third kappa shape index (κ3) is 2.56. The van der Waals surface area contributed by atoms with Crippen LogP contribution in [0.25, 0.3) is 0 Å². The summed E-state index contributed by atoms with van der Waals surface area (Å²) in [5.41, 5.74) is -1.82. The minimum Gasteiger partial charge on any atom is -0.313 e. The first-order chi connectivity index (χ1) is 9.40. The molecule has 1 aromatic heterocycles. The average molecular weight is 280 g/mol. The fraction of sp³-hybridized carbons (Fsp3) is 0.154. The van der Waals surface area contributed by atoms with Gasteiger partial charge in [0.25, 0.3) is 5.56 Å². The highest BCUT2D eigenvalue weighted by molar-refractivity contribution is 5.93. The molecule has 1 N–H and O–H groups in total. The van der Waals surface area contributed by atoms with Crippen molar-refractivity contribution in [2.45, 2.75) is 13.5 Å². The van der Waals surface area contributed by atoms with E-state index < -0.39 is 28.7 Å². The molecule has 0 atom stereocenters. The van der Waals surface area contributed by atoms with Gasteiger partial charge >= 0.3 is 5.69 Å². The van der Waals surface area contributed by atoms with Crippen LogP contribution in [-0.4, -0.2) is 15.3 Å². The smallest absolute Gasteiger partial charge is 0.313 e. The number of rotatable bonds is 3. The highest BCUT2D eigenvalue weighted by Gasteiger charge is 2.13. The number of Topliss-reactive ketones (excluding diaryl/α,β-unsaturated/α-hetero) is 1. The highest BCUT2D eigenvalue weighted by Crippen LogP contribution is 2.09. The molecular formula is C13H10F2N2O3. The molecule has 104 valence electrons. The molecule has 2 aromatic rings. The molecule has 0 amide bonds. The van der Waals surface area contributed by atoms with Crippen molar-refractivity contribution in [3.8, 4) is 0 Å². The second-order valence-electron chi connectivity index (χ2n) is 4.19. The van der Waals surface area contributed by atoms with Crippen LogP contribution >= 0.6 is 0 Å². The van der Waals surface area contributed by atoms with Gasteiger partial charge in [0.2, 0.25) is 0 Å². The van der Waals surface area contributed by atoms with E-state index in [1.165, 1.54) is 6.92 Å². The van der Waals surface area contributed by atoms with Crippen LogP contribution in [0.1, 0.15) is 22.8 Å². The number of hydrogen-bond donors (Lipinski definition) is 1. The lowest BCUT2D eigenvalue weighted by atomic mass is 10.2. The van der Waals surface area contributed by atoms with Crippen molar-refractivity contribution in [3.63, 3.8) is 0 Å². The summed E-state index contributed by atoms with van der Waals surface area (Å²) in [5.74, 6) is -2.14. The largest absolute Gasteiger partial charge is 0.328 e. The lowest BCUT2D eigenvalue weighted by Crippen LogP contribution is -2.38. The molecule has 7 heteroatoms. The summed E-state index contributed by atoms with van der Waals surface area (Å²) in [6.45, 7) is 0.791. The van der Waals surface area contributed by atoms with Crippen molar-refractivity contribution >= 4 is 5.78 Å². The Hall–Kier alpha value is -2.57. The molecule has 0 aliphatic carbocycles. The van der Waals surface area contributed by atoms with Crippen LogP contribution < -0.4 is 11.2 Å². The maximum Gasteiger partial charge on any atom is 0.328 e. The number of aromatic nitrogens is 2. The molecule has 5 nitrogen and oxygen atoms in total. The number of nitrogens with one attached hydrogen (secondary N) is 1. The zero-order chi connectivity index (χ0) is 14.9. The predicted octanol–water partition coefficient (Wildman–Crippen LogP) is 1.07. The Kier molecular flexibility index (Phi) is 3.60. The van der Waals surface area contributed by atoms with Gasteiger partial charge in [0.15, 0.2) is 5.78 Å². The Balaban J connectivity index is 2.54. The fourth-order valence-electron chi connectivity index (χ4n) is 1.73. The number of hydrogen-bond acceptors (Lipinski definition) is 3. The van der Waals surface area contributed by atoms with Crippen LogP contribution in [0.5, 0.6) is 0 Å². The highest BCUT2D eigenvalue weighted by atomic mass is 19.1. The van der Waals surface area contributed by atoms with E-state index in [2.05, 4.69) is 4.98 Å². The first-order valence-electron chi connectivity index (χ1n) is 5.67. The molecule has 0 spiro atoms. The molecule has 0 saturated heterocycles. The summed E-state index contributed by atoms with van der Waals surface area (Å²) in [7, 11) is 0. The van der Waals surface area contributed by atoms with Crippen molar-refractivity contribution in [3.05, 3.63) is 68.0 Å². The van der Waals surface area contributed by atoms with Gasteiger partial charge in [0.05, 0.1) is 12.1 Å². The Labute approximate surface area is 111 Å².